The number of aromatic nitrogens is 3. The van der Waals surface area contributed by atoms with Crippen LogP contribution in [0.1, 0.15) is 45.8 Å². The first-order chi connectivity index (χ1) is 8.80. The van der Waals surface area contributed by atoms with Crippen molar-refractivity contribution in [1.29, 1.82) is 0 Å². The molecule has 0 spiro atoms. The molecule has 104 valence electrons. The van der Waals surface area contributed by atoms with E-state index in [4.69, 9.17) is 11.6 Å². The highest BCUT2D eigenvalue weighted by molar-refractivity contribution is 6.20. The second-order valence-corrected chi connectivity index (χ2v) is 6.98. The number of rotatable bonds is 3. The van der Waals surface area contributed by atoms with Crippen LogP contribution < -0.4 is 0 Å². The van der Waals surface area contributed by atoms with E-state index in [2.05, 4.69) is 42.2 Å². The summed E-state index contributed by atoms with van der Waals surface area (Å²) < 4.78 is 2.24. The summed E-state index contributed by atoms with van der Waals surface area (Å²) in [5.41, 5.74) is 2.30. The number of imidazole rings is 1. The van der Waals surface area contributed by atoms with Gasteiger partial charge in [0, 0.05) is 12.7 Å². The number of alkyl halides is 1. The Bertz CT molecular complexity index is 566. The van der Waals surface area contributed by atoms with E-state index in [9.17, 15) is 0 Å². The first-order valence-electron chi connectivity index (χ1n) is 6.75. The zero-order valence-corrected chi connectivity index (χ0v) is 13.1. The fraction of sp³-hybridized carbons (Fsp3) is 0.600. The van der Waals surface area contributed by atoms with Gasteiger partial charge in [-0.05, 0) is 24.3 Å². The molecule has 0 fully saturated rings. The van der Waals surface area contributed by atoms with E-state index in [1.54, 1.807) is 6.20 Å². The molecular formula is C15H22ClN3. The fourth-order valence-electron chi connectivity index (χ4n) is 2.04. The molecule has 19 heavy (non-hydrogen) atoms. The molecule has 4 heteroatoms. The molecule has 0 aliphatic carbocycles. The van der Waals surface area contributed by atoms with Gasteiger partial charge in [0.2, 0.25) is 0 Å². The largest absolute Gasteiger partial charge is 0.326 e. The maximum atomic E-state index is 6.27. The minimum Gasteiger partial charge on any atom is -0.326 e. The smallest absolute Gasteiger partial charge is 0.127 e. The van der Waals surface area contributed by atoms with E-state index in [0.29, 0.717) is 5.92 Å². The van der Waals surface area contributed by atoms with Gasteiger partial charge in [-0.3, -0.25) is 4.98 Å². The number of hydrogen-bond acceptors (Lipinski definition) is 2. The fourth-order valence-corrected chi connectivity index (χ4v) is 2.21. The standard InChI is InChI=1S/C15H22ClN3/c1-10(15(3,4)5)9-19-13-6-7-17-8-12(13)18-14(19)11(2)16/h6-8,10-11H,9H2,1-5H3. The van der Waals surface area contributed by atoms with Crippen LogP contribution in [0.2, 0.25) is 0 Å². The van der Waals surface area contributed by atoms with Gasteiger partial charge in [-0.2, -0.15) is 0 Å². The average molecular weight is 280 g/mol. The Kier molecular flexibility index (Phi) is 3.86. The summed E-state index contributed by atoms with van der Waals surface area (Å²) in [6.45, 7) is 12.0. The predicted octanol–water partition coefficient (Wildman–Crippen LogP) is 4.41. The SMILES string of the molecule is CC(Cl)c1nc2cnccc2n1CC(C)C(C)(C)C. The second-order valence-electron chi connectivity index (χ2n) is 6.33. The Hall–Kier alpha value is -1.09. The number of hydrogen-bond donors (Lipinski definition) is 0. The second kappa shape index (κ2) is 5.12. The molecule has 0 radical (unpaired) electrons. The molecule has 0 amide bonds. The number of nitrogens with zero attached hydrogens (tertiary/aromatic N) is 3. The Morgan fingerprint density at radius 3 is 2.58 bits per heavy atom. The van der Waals surface area contributed by atoms with Gasteiger partial charge in [-0.25, -0.2) is 4.98 Å². The van der Waals surface area contributed by atoms with Crippen molar-refractivity contribution in [1.82, 2.24) is 14.5 Å². The molecule has 0 aliphatic rings. The molecule has 2 aromatic rings. The molecule has 3 nitrogen and oxygen atoms in total. The van der Waals surface area contributed by atoms with Crippen molar-refractivity contribution < 1.29 is 0 Å². The number of halogens is 1. The average Bonchev–Trinajstić information content (AvgIpc) is 2.67. The summed E-state index contributed by atoms with van der Waals surface area (Å²) in [5, 5.41) is -0.0976. The third-order valence-corrected chi connectivity index (χ3v) is 4.07. The molecule has 0 N–H and O–H groups in total. The van der Waals surface area contributed by atoms with Crippen LogP contribution in [0.4, 0.5) is 0 Å². The molecule has 2 unspecified atom stereocenters. The lowest BCUT2D eigenvalue weighted by molar-refractivity contribution is 0.233. The van der Waals surface area contributed by atoms with Crippen LogP contribution in [0.3, 0.4) is 0 Å². The first-order valence-corrected chi connectivity index (χ1v) is 7.18. The van der Waals surface area contributed by atoms with Crippen LogP contribution in [0.15, 0.2) is 18.5 Å². The molecule has 0 saturated carbocycles. The zero-order valence-electron chi connectivity index (χ0n) is 12.3. The van der Waals surface area contributed by atoms with Crippen molar-refractivity contribution >= 4 is 22.6 Å². The molecule has 2 atom stereocenters. The first kappa shape index (κ1) is 14.3. The third kappa shape index (κ3) is 2.92. The van der Waals surface area contributed by atoms with Gasteiger partial charge in [0.25, 0.3) is 0 Å². The van der Waals surface area contributed by atoms with Gasteiger partial charge in [-0.15, -0.1) is 11.6 Å². The summed E-state index contributed by atoms with van der Waals surface area (Å²) in [5.74, 6) is 1.47. The van der Waals surface area contributed by atoms with Crippen LogP contribution >= 0.6 is 11.6 Å². The van der Waals surface area contributed by atoms with Crippen LogP contribution in [-0.2, 0) is 6.54 Å². The Morgan fingerprint density at radius 2 is 2.00 bits per heavy atom. The third-order valence-electron chi connectivity index (χ3n) is 3.87. The van der Waals surface area contributed by atoms with Gasteiger partial charge in [0.15, 0.2) is 0 Å². The van der Waals surface area contributed by atoms with Crippen LogP contribution in [-0.4, -0.2) is 14.5 Å². The molecule has 2 rings (SSSR count). The molecule has 0 aliphatic heterocycles. The van der Waals surface area contributed by atoms with Crippen LogP contribution in [0.5, 0.6) is 0 Å². The molecule has 0 saturated heterocycles. The monoisotopic (exact) mass is 279 g/mol. The summed E-state index contributed by atoms with van der Waals surface area (Å²) in [4.78, 5) is 8.75. The summed E-state index contributed by atoms with van der Waals surface area (Å²) in [6, 6.07) is 2.01. The highest BCUT2D eigenvalue weighted by Gasteiger charge is 2.23. The van der Waals surface area contributed by atoms with Crippen molar-refractivity contribution in [3.05, 3.63) is 24.3 Å². The highest BCUT2D eigenvalue weighted by Crippen LogP contribution is 2.30. The summed E-state index contributed by atoms with van der Waals surface area (Å²) in [6.07, 6.45) is 3.61. The van der Waals surface area contributed by atoms with E-state index in [-0.39, 0.29) is 10.8 Å². The van der Waals surface area contributed by atoms with Gasteiger partial charge in [-0.1, -0.05) is 27.7 Å². The lowest BCUT2D eigenvalue weighted by atomic mass is 9.82. The molecule has 0 bridgehead atoms. The topological polar surface area (TPSA) is 30.7 Å². The van der Waals surface area contributed by atoms with Crippen LogP contribution in [0, 0.1) is 11.3 Å². The number of pyridine rings is 1. The molecule has 2 heterocycles. The van der Waals surface area contributed by atoms with E-state index in [1.165, 1.54) is 0 Å². The normalized spacial score (nSPS) is 15.7. The van der Waals surface area contributed by atoms with Crippen molar-refractivity contribution in [2.45, 2.75) is 46.5 Å². The minimum atomic E-state index is -0.0976. The van der Waals surface area contributed by atoms with Gasteiger partial charge in [0.1, 0.15) is 11.3 Å². The van der Waals surface area contributed by atoms with E-state index < -0.39 is 0 Å². The quantitative estimate of drug-likeness (QED) is 0.779. The van der Waals surface area contributed by atoms with Crippen molar-refractivity contribution in [2.75, 3.05) is 0 Å². The van der Waals surface area contributed by atoms with Crippen molar-refractivity contribution in [2.24, 2.45) is 11.3 Å². The van der Waals surface area contributed by atoms with E-state index in [0.717, 1.165) is 23.4 Å². The van der Waals surface area contributed by atoms with Crippen LogP contribution in [0.25, 0.3) is 11.0 Å². The summed E-state index contributed by atoms with van der Waals surface area (Å²) in [7, 11) is 0. The lowest BCUT2D eigenvalue weighted by Crippen LogP contribution is -2.23. The molecule has 2 aromatic heterocycles. The number of fused-ring (bicyclic) bond motifs is 1. The van der Waals surface area contributed by atoms with E-state index in [1.807, 2.05) is 19.2 Å². The Balaban J connectivity index is 2.48. The predicted molar refractivity (Wildman–Crippen MR) is 80.4 cm³/mol. The van der Waals surface area contributed by atoms with Crippen molar-refractivity contribution in [3.63, 3.8) is 0 Å². The van der Waals surface area contributed by atoms with E-state index >= 15 is 0 Å². The van der Waals surface area contributed by atoms with Crippen molar-refractivity contribution in [3.8, 4) is 0 Å². The van der Waals surface area contributed by atoms with Gasteiger partial charge < -0.3 is 4.57 Å². The van der Waals surface area contributed by atoms with Gasteiger partial charge >= 0.3 is 0 Å². The zero-order chi connectivity index (χ0) is 14.2. The Morgan fingerprint density at radius 1 is 1.32 bits per heavy atom. The maximum Gasteiger partial charge on any atom is 0.127 e. The molecule has 0 aromatic carbocycles. The minimum absolute atomic E-state index is 0.0976. The highest BCUT2D eigenvalue weighted by atomic mass is 35.5. The summed E-state index contributed by atoms with van der Waals surface area (Å²) >= 11 is 6.27. The molecular weight excluding hydrogens is 258 g/mol. The maximum absolute atomic E-state index is 6.27. The Labute approximate surface area is 120 Å². The lowest BCUT2D eigenvalue weighted by Gasteiger charge is -2.28. The van der Waals surface area contributed by atoms with Gasteiger partial charge in [0.05, 0.1) is 17.1 Å².